The molecule has 1 aromatic carbocycles. The van der Waals surface area contributed by atoms with Gasteiger partial charge in [-0.1, -0.05) is 41.0 Å². The van der Waals surface area contributed by atoms with Gasteiger partial charge in [-0.25, -0.2) is 9.97 Å². The molecule has 2 aromatic heterocycles. The fraction of sp³-hybridized carbons (Fsp3) is 0.538. The van der Waals surface area contributed by atoms with Crippen LogP contribution in [0, 0.1) is 11.3 Å². The van der Waals surface area contributed by atoms with Gasteiger partial charge in [0.2, 0.25) is 5.95 Å². The van der Waals surface area contributed by atoms with Crippen molar-refractivity contribution in [2.24, 2.45) is 11.3 Å². The third-order valence-corrected chi connectivity index (χ3v) is 11.7. The zero-order valence-corrected chi connectivity index (χ0v) is 23.6. The van der Waals surface area contributed by atoms with Gasteiger partial charge in [-0.15, -0.1) is 0 Å². The first-order valence-corrected chi connectivity index (χ1v) is 15.3. The predicted octanol–water partition coefficient (Wildman–Crippen LogP) is 7.12. The number of nitrogens with zero attached hydrogens (tertiary/aromatic N) is 4. The summed E-state index contributed by atoms with van der Waals surface area (Å²) in [5.41, 5.74) is 1.31. The maximum atomic E-state index is 12.1. The molecule has 1 unspecified atom stereocenters. The standard InChI is InChI=1S/C26H32Cl2N4OS2/c1-25(2,35(3)33)15-18-7-8-26(16-18)9-12-31(13-10-26)24-30-17-21(23-29-11-14-32(23)24)34-20-6-4-5-19(27)22(20)28/h4-6,11,14,17-18H,7-10,12-13,15-16H2,1-3H3/t18?,35-/m1/s1. The van der Waals surface area contributed by atoms with E-state index in [0.29, 0.717) is 21.4 Å². The van der Waals surface area contributed by atoms with E-state index in [1.54, 1.807) is 6.07 Å². The van der Waals surface area contributed by atoms with Gasteiger partial charge in [-0.3, -0.25) is 8.61 Å². The number of anilines is 1. The van der Waals surface area contributed by atoms with Crippen LogP contribution in [0.5, 0.6) is 0 Å². The Hall–Kier alpha value is -1.28. The second kappa shape index (κ2) is 9.88. The van der Waals surface area contributed by atoms with Gasteiger partial charge in [0.05, 0.1) is 14.9 Å². The number of hydrogen-bond donors (Lipinski definition) is 0. The zero-order chi connectivity index (χ0) is 24.8. The van der Waals surface area contributed by atoms with Crippen molar-refractivity contribution in [2.45, 2.75) is 66.9 Å². The molecule has 1 saturated carbocycles. The Morgan fingerprint density at radius 2 is 1.94 bits per heavy atom. The van der Waals surface area contributed by atoms with Crippen molar-refractivity contribution in [1.29, 1.82) is 0 Å². The molecule has 9 heteroatoms. The van der Waals surface area contributed by atoms with Gasteiger partial charge >= 0.3 is 0 Å². The Bertz CT molecular complexity index is 1250. The van der Waals surface area contributed by atoms with Crippen LogP contribution < -0.4 is 4.90 Å². The second-order valence-electron chi connectivity index (χ2n) is 10.7. The highest BCUT2D eigenvalue weighted by molar-refractivity contribution is 7.99. The Balaban J connectivity index is 1.29. The lowest BCUT2D eigenvalue weighted by Crippen LogP contribution is -2.40. The molecule has 1 spiro atoms. The molecule has 1 aliphatic heterocycles. The van der Waals surface area contributed by atoms with Gasteiger partial charge in [-0.2, -0.15) is 0 Å². The van der Waals surface area contributed by atoms with Crippen LogP contribution >= 0.6 is 35.0 Å². The first-order valence-electron chi connectivity index (χ1n) is 12.2. The summed E-state index contributed by atoms with van der Waals surface area (Å²) < 4.78 is 14.1. The molecule has 0 bridgehead atoms. The third-order valence-electron chi connectivity index (χ3n) is 7.98. The maximum Gasteiger partial charge on any atom is 0.211 e. The van der Waals surface area contributed by atoms with Crippen LogP contribution in [0.25, 0.3) is 5.65 Å². The molecule has 0 amide bonds. The molecule has 5 nitrogen and oxygen atoms in total. The van der Waals surface area contributed by atoms with Crippen molar-refractivity contribution in [3.05, 3.63) is 46.8 Å². The molecule has 2 atom stereocenters. The summed E-state index contributed by atoms with van der Waals surface area (Å²) in [5, 5.41) is 1.10. The summed E-state index contributed by atoms with van der Waals surface area (Å²) in [4.78, 5) is 13.7. The van der Waals surface area contributed by atoms with Gasteiger partial charge in [0.15, 0.2) is 5.65 Å². The summed E-state index contributed by atoms with van der Waals surface area (Å²) in [6.07, 6.45) is 14.8. The van der Waals surface area contributed by atoms with E-state index in [0.717, 1.165) is 40.9 Å². The first-order chi connectivity index (χ1) is 16.7. The maximum absolute atomic E-state index is 12.1. The normalized spacial score (nSPS) is 21.2. The molecule has 3 heterocycles. The first kappa shape index (κ1) is 25.4. The Morgan fingerprint density at radius 1 is 1.17 bits per heavy atom. The van der Waals surface area contributed by atoms with Crippen LogP contribution in [-0.4, -0.2) is 42.7 Å². The minimum atomic E-state index is -0.787. The van der Waals surface area contributed by atoms with Gasteiger partial charge < -0.3 is 4.90 Å². The highest BCUT2D eigenvalue weighted by Crippen LogP contribution is 2.51. The minimum Gasteiger partial charge on any atom is -0.342 e. The molecular formula is C26H32Cl2N4OS2. The molecular weight excluding hydrogens is 519 g/mol. The van der Waals surface area contributed by atoms with Crippen molar-refractivity contribution in [3.63, 3.8) is 0 Å². The van der Waals surface area contributed by atoms with E-state index in [9.17, 15) is 4.21 Å². The molecule has 3 aromatic rings. The Morgan fingerprint density at radius 3 is 2.69 bits per heavy atom. The molecule has 0 N–H and O–H groups in total. The van der Waals surface area contributed by atoms with Crippen molar-refractivity contribution in [3.8, 4) is 0 Å². The Labute approximate surface area is 224 Å². The summed E-state index contributed by atoms with van der Waals surface area (Å²) in [5.74, 6) is 1.64. The largest absolute Gasteiger partial charge is 0.342 e. The summed E-state index contributed by atoms with van der Waals surface area (Å²) in [6, 6.07) is 5.66. The molecule has 0 radical (unpaired) electrons. The zero-order valence-electron chi connectivity index (χ0n) is 20.5. The number of rotatable bonds is 6. The van der Waals surface area contributed by atoms with E-state index in [4.69, 9.17) is 28.2 Å². The fourth-order valence-electron chi connectivity index (χ4n) is 5.82. The van der Waals surface area contributed by atoms with Crippen molar-refractivity contribution >= 4 is 57.4 Å². The lowest BCUT2D eigenvalue weighted by Gasteiger charge is -2.40. The van der Waals surface area contributed by atoms with E-state index < -0.39 is 10.8 Å². The van der Waals surface area contributed by atoms with Crippen LogP contribution in [0.2, 0.25) is 10.0 Å². The minimum absolute atomic E-state index is 0.0943. The molecule has 188 valence electrons. The second-order valence-corrected chi connectivity index (χ2v) is 14.6. The predicted molar refractivity (Wildman–Crippen MR) is 148 cm³/mol. The molecule has 1 saturated heterocycles. The SMILES string of the molecule is C[S@@](=O)C(C)(C)CC1CCC2(CCN(c3ncc(Sc4cccc(Cl)c4Cl)c4nccn34)CC2)C1. The lowest BCUT2D eigenvalue weighted by molar-refractivity contribution is 0.212. The van der Waals surface area contributed by atoms with Gasteiger partial charge in [0.1, 0.15) is 0 Å². The van der Waals surface area contributed by atoms with E-state index in [1.165, 1.54) is 43.9 Å². The highest BCUT2D eigenvalue weighted by Gasteiger charge is 2.43. The third kappa shape index (κ3) is 5.11. The van der Waals surface area contributed by atoms with Gasteiger partial charge in [-0.05, 0) is 75.8 Å². The molecule has 2 aliphatic rings. The topological polar surface area (TPSA) is 50.5 Å². The van der Waals surface area contributed by atoms with E-state index in [2.05, 4.69) is 28.1 Å². The van der Waals surface area contributed by atoms with E-state index in [1.807, 2.05) is 37.0 Å². The van der Waals surface area contributed by atoms with E-state index >= 15 is 0 Å². The van der Waals surface area contributed by atoms with Crippen molar-refractivity contribution in [2.75, 3.05) is 24.2 Å². The summed E-state index contributed by atoms with van der Waals surface area (Å²) >= 11 is 14.2. The van der Waals surface area contributed by atoms with Crippen molar-refractivity contribution < 1.29 is 4.21 Å². The average molecular weight is 552 g/mol. The quantitative estimate of drug-likeness (QED) is 0.327. The highest BCUT2D eigenvalue weighted by atomic mass is 35.5. The van der Waals surface area contributed by atoms with Crippen molar-refractivity contribution in [1.82, 2.24) is 14.4 Å². The number of aromatic nitrogens is 3. The summed E-state index contributed by atoms with van der Waals surface area (Å²) in [6.45, 7) is 6.31. The van der Waals surface area contributed by atoms with E-state index in [-0.39, 0.29) is 4.75 Å². The molecule has 2 fully saturated rings. The van der Waals surface area contributed by atoms with Gasteiger partial charge in [0, 0.05) is 58.4 Å². The number of hydrogen-bond acceptors (Lipinski definition) is 5. The Kier molecular flexibility index (Phi) is 7.16. The number of halogens is 2. The summed E-state index contributed by atoms with van der Waals surface area (Å²) in [7, 11) is -0.787. The molecule has 5 rings (SSSR count). The number of fused-ring (bicyclic) bond motifs is 1. The number of benzene rings is 1. The van der Waals surface area contributed by atoms with Gasteiger partial charge in [0.25, 0.3) is 0 Å². The molecule has 35 heavy (non-hydrogen) atoms. The van der Waals surface area contributed by atoms with Crippen LogP contribution in [-0.2, 0) is 10.8 Å². The fourth-order valence-corrected chi connectivity index (χ4v) is 7.69. The number of piperidine rings is 1. The van der Waals surface area contributed by atoms with Crippen LogP contribution in [0.1, 0.15) is 52.4 Å². The number of imidazole rings is 1. The molecule has 1 aliphatic carbocycles. The lowest BCUT2D eigenvalue weighted by atomic mass is 9.76. The van der Waals surface area contributed by atoms with Crippen LogP contribution in [0.4, 0.5) is 5.95 Å². The monoisotopic (exact) mass is 550 g/mol. The average Bonchev–Trinajstić information content (AvgIpc) is 3.45. The smallest absolute Gasteiger partial charge is 0.211 e. The van der Waals surface area contributed by atoms with Crippen LogP contribution in [0.3, 0.4) is 0 Å². The van der Waals surface area contributed by atoms with Crippen LogP contribution in [0.15, 0.2) is 46.6 Å².